The topological polar surface area (TPSA) is 44.8 Å². The van der Waals surface area contributed by atoms with Crippen LogP contribution in [0.2, 0.25) is 0 Å². The van der Waals surface area contributed by atoms with Crippen LogP contribution in [-0.4, -0.2) is 23.3 Å². The van der Waals surface area contributed by atoms with Gasteiger partial charge in [0.15, 0.2) is 0 Å². The van der Waals surface area contributed by atoms with E-state index in [1.54, 1.807) is 0 Å². The van der Waals surface area contributed by atoms with Crippen LogP contribution in [0.4, 0.5) is 0 Å². The molecule has 2 aliphatic rings. The van der Waals surface area contributed by atoms with Crippen molar-refractivity contribution < 1.29 is 19.3 Å². The molecule has 0 N–H and O–H groups in total. The molecule has 2 aliphatic heterocycles. The van der Waals surface area contributed by atoms with Crippen LogP contribution < -0.4 is 0 Å². The molecule has 1 aromatic carbocycles. The molecule has 4 nitrogen and oxygen atoms in total. The number of carbonyl (C=O) groups excluding carboxylic acids is 1. The second kappa shape index (κ2) is 9.53. The molecule has 2 saturated heterocycles. The second-order valence-corrected chi connectivity index (χ2v) is 8.44. The summed E-state index contributed by atoms with van der Waals surface area (Å²) < 4.78 is 5.51. The molecule has 4 heteroatoms. The molecule has 0 unspecified atom stereocenters. The minimum absolute atomic E-state index is 0.188. The largest absolute Gasteiger partial charge is 0.456 e. The number of rotatable bonds is 9. The maximum Gasteiger partial charge on any atom is 0.309 e. The number of ether oxygens (including phenoxy) is 1. The summed E-state index contributed by atoms with van der Waals surface area (Å²) in [7, 11) is 0. The lowest BCUT2D eigenvalue weighted by Crippen LogP contribution is -2.51. The van der Waals surface area contributed by atoms with E-state index >= 15 is 0 Å². The maximum atomic E-state index is 11.6. The predicted octanol–water partition coefficient (Wildman–Crippen LogP) is 5.78. The van der Waals surface area contributed by atoms with Gasteiger partial charge in [-0.2, -0.15) is 0 Å². The van der Waals surface area contributed by atoms with E-state index < -0.39 is 5.60 Å². The highest BCUT2D eigenvalue weighted by Crippen LogP contribution is 2.44. The fraction of sp³-hybridized carbons (Fsp3) is 0.542. The summed E-state index contributed by atoms with van der Waals surface area (Å²) in [5.74, 6) is -0.188. The third-order valence-electron chi connectivity index (χ3n) is 5.63. The van der Waals surface area contributed by atoms with Crippen LogP contribution in [0.3, 0.4) is 0 Å². The Labute approximate surface area is 168 Å². The number of hydrogen-bond donors (Lipinski definition) is 0. The molecule has 0 bridgehead atoms. The Morgan fingerprint density at radius 3 is 2.68 bits per heavy atom. The molecule has 2 fully saturated rings. The van der Waals surface area contributed by atoms with Crippen LogP contribution in [0, 0.1) is 0 Å². The van der Waals surface area contributed by atoms with Crippen LogP contribution in [0.25, 0.3) is 6.08 Å². The van der Waals surface area contributed by atoms with Crippen molar-refractivity contribution in [2.75, 3.05) is 0 Å². The Kier molecular flexibility index (Phi) is 7.08. The number of carbonyl (C=O) groups is 1. The average molecular weight is 385 g/mol. The first-order valence-corrected chi connectivity index (χ1v) is 10.4. The van der Waals surface area contributed by atoms with Crippen molar-refractivity contribution in [3.63, 3.8) is 0 Å². The quantitative estimate of drug-likeness (QED) is 0.234. The zero-order valence-corrected chi connectivity index (χ0v) is 17.1. The van der Waals surface area contributed by atoms with Crippen molar-refractivity contribution >= 4 is 12.0 Å². The Balaban J connectivity index is 1.27. The fourth-order valence-corrected chi connectivity index (χ4v) is 4.12. The zero-order valence-electron chi connectivity index (χ0n) is 17.1. The smallest absolute Gasteiger partial charge is 0.309 e. The van der Waals surface area contributed by atoms with Crippen molar-refractivity contribution in [1.29, 1.82) is 0 Å². The van der Waals surface area contributed by atoms with Gasteiger partial charge in [0, 0.05) is 6.42 Å². The van der Waals surface area contributed by atoms with E-state index in [0.29, 0.717) is 12.8 Å². The first-order valence-electron chi connectivity index (χ1n) is 10.4. The van der Waals surface area contributed by atoms with E-state index in [9.17, 15) is 4.79 Å². The van der Waals surface area contributed by atoms with Gasteiger partial charge in [0.25, 0.3) is 0 Å². The van der Waals surface area contributed by atoms with Gasteiger partial charge >= 0.3 is 5.97 Å². The first kappa shape index (κ1) is 20.8. The molecule has 2 heterocycles. The number of allylic oxidation sites excluding steroid dienone is 3. The molecule has 0 saturated carbocycles. The third-order valence-corrected chi connectivity index (χ3v) is 5.63. The van der Waals surface area contributed by atoms with Crippen molar-refractivity contribution in [1.82, 2.24) is 0 Å². The van der Waals surface area contributed by atoms with Gasteiger partial charge in [0.05, 0.1) is 6.42 Å². The van der Waals surface area contributed by atoms with Gasteiger partial charge in [-0.3, -0.25) is 4.79 Å². The van der Waals surface area contributed by atoms with Crippen LogP contribution in [-0.2, 0) is 19.3 Å². The highest BCUT2D eigenvalue weighted by molar-refractivity contribution is 5.73. The number of esters is 1. The molecular weight excluding hydrogens is 352 g/mol. The standard InChI is InChI=1S/C24H32O4/c1-23(19-24(2)21(27-28-23)18-22(25)26-24)17-13-8-6-4-3-5-7-10-14-20-15-11-9-12-16-20/h5,7,9-12,14-16,21H,3-4,6,8,13,17-19H2,1-2H3/b7-5+,14-10+/t21-,23-,24-/m0/s1. The fourth-order valence-electron chi connectivity index (χ4n) is 4.12. The normalized spacial score (nSPS) is 30.1. The summed E-state index contributed by atoms with van der Waals surface area (Å²) in [6.07, 6.45) is 16.0. The van der Waals surface area contributed by atoms with Crippen molar-refractivity contribution in [2.24, 2.45) is 0 Å². The lowest BCUT2D eigenvalue weighted by molar-refractivity contribution is -0.428. The number of fused-ring (bicyclic) bond motifs is 1. The predicted molar refractivity (Wildman–Crippen MR) is 110 cm³/mol. The van der Waals surface area contributed by atoms with Gasteiger partial charge in [-0.25, -0.2) is 9.78 Å². The molecule has 152 valence electrons. The van der Waals surface area contributed by atoms with Gasteiger partial charge in [0.1, 0.15) is 17.3 Å². The molecular formula is C24H32O4. The van der Waals surface area contributed by atoms with Gasteiger partial charge in [-0.1, -0.05) is 73.9 Å². The molecule has 0 amide bonds. The number of hydrogen-bond acceptors (Lipinski definition) is 4. The summed E-state index contributed by atoms with van der Waals surface area (Å²) >= 11 is 0. The maximum absolute atomic E-state index is 11.6. The van der Waals surface area contributed by atoms with Gasteiger partial charge in [-0.05, 0) is 38.7 Å². The Morgan fingerprint density at radius 2 is 1.86 bits per heavy atom. The van der Waals surface area contributed by atoms with E-state index in [2.05, 4.69) is 43.4 Å². The molecule has 0 spiro atoms. The Hall–Kier alpha value is -1.91. The number of unbranched alkanes of at least 4 members (excludes halogenated alkanes) is 4. The van der Waals surface area contributed by atoms with E-state index in [1.807, 2.05) is 25.1 Å². The number of benzene rings is 1. The minimum Gasteiger partial charge on any atom is -0.456 e. The van der Waals surface area contributed by atoms with E-state index in [-0.39, 0.29) is 17.7 Å². The summed E-state index contributed by atoms with van der Waals surface area (Å²) in [6.45, 7) is 4.02. The van der Waals surface area contributed by atoms with Crippen LogP contribution in [0.5, 0.6) is 0 Å². The second-order valence-electron chi connectivity index (χ2n) is 8.44. The zero-order chi connectivity index (χ0) is 19.9. The van der Waals surface area contributed by atoms with E-state index in [4.69, 9.17) is 14.5 Å². The lowest BCUT2D eigenvalue weighted by atomic mass is 9.82. The van der Waals surface area contributed by atoms with Gasteiger partial charge < -0.3 is 4.74 Å². The van der Waals surface area contributed by atoms with E-state index in [0.717, 1.165) is 19.3 Å². The molecule has 1 aromatic rings. The van der Waals surface area contributed by atoms with Crippen molar-refractivity contribution in [3.8, 4) is 0 Å². The molecule has 0 radical (unpaired) electrons. The summed E-state index contributed by atoms with van der Waals surface area (Å²) in [4.78, 5) is 22.7. The summed E-state index contributed by atoms with van der Waals surface area (Å²) in [5, 5.41) is 0. The lowest BCUT2D eigenvalue weighted by Gasteiger charge is -2.43. The van der Waals surface area contributed by atoms with Crippen LogP contribution >= 0.6 is 0 Å². The first-order chi connectivity index (χ1) is 13.5. The van der Waals surface area contributed by atoms with Crippen molar-refractivity contribution in [2.45, 2.75) is 82.5 Å². The van der Waals surface area contributed by atoms with E-state index in [1.165, 1.54) is 24.8 Å². The van der Waals surface area contributed by atoms with Crippen LogP contribution in [0.1, 0.15) is 70.8 Å². The molecule has 28 heavy (non-hydrogen) atoms. The van der Waals surface area contributed by atoms with Gasteiger partial charge in [-0.15, -0.1) is 0 Å². The highest BCUT2D eigenvalue weighted by Gasteiger charge is 2.55. The van der Waals surface area contributed by atoms with Crippen molar-refractivity contribution in [3.05, 3.63) is 54.1 Å². The Morgan fingerprint density at radius 1 is 1.07 bits per heavy atom. The monoisotopic (exact) mass is 384 g/mol. The van der Waals surface area contributed by atoms with Crippen LogP contribution in [0.15, 0.2) is 48.6 Å². The SMILES string of the molecule is C[C@]1(CCCCCC/C=C/C=C/c2ccccc2)C[C@]2(C)OC(=O)C[C@@H]2OO1. The minimum atomic E-state index is -0.540. The highest BCUT2D eigenvalue weighted by atomic mass is 17.2. The molecule has 0 aliphatic carbocycles. The Bertz CT molecular complexity index is 696. The molecule has 3 rings (SSSR count). The molecule has 0 aromatic heterocycles. The molecule has 3 atom stereocenters. The van der Waals surface area contributed by atoms with Gasteiger partial charge in [0.2, 0.25) is 0 Å². The average Bonchev–Trinajstić information content (AvgIpc) is 2.96. The third kappa shape index (κ3) is 5.79. The summed E-state index contributed by atoms with van der Waals surface area (Å²) in [6, 6.07) is 10.3. The summed E-state index contributed by atoms with van der Waals surface area (Å²) in [5.41, 5.74) is 0.308.